The number of methoxy groups -OCH3 is 2. The molecule has 0 spiro atoms. The number of halogens is 2. The molecule has 6 nitrogen and oxygen atoms in total. The first-order valence-corrected chi connectivity index (χ1v) is 10.3. The Morgan fingerprint density at radius 2 is 1.79 bits per heavy atom. The van der Waals surface area contributed by atoms with Crippen LogP contribution in [0.2, 0.25) is 0 Å². The Morgan fingerprint density at radius 3 is 2.48 bits per heavy atom. The summed E-state index contributed by atoms with van der Waals surface area (Å²) in [6.45, 7) is 0.326. The summed E-state index contributed by atoms with van der Waals surface area (Å²) in [6, 6.07) is 14.7. The van der Waals surface area contributed by atoms with Crippen LogP contribution in [0.15, 0.2) is 60.7 Å². The summed E-state index contributed by atoms with van der Waals surface area (Å²) in [5.74, 6) is -1.39. The number of nitrogens with one attached hydrogen (secondary N) is 1. The van der Waals surface area contributed by atoms with Gasteiger partial charge in [0.15, 0.2) is 11.5 Å². The molecular weight excluding hydrogens is 430 g/mol. The topological polar surface area (TPSA) is 67.9 Å². The van der Waals surface area contributed by atoms with E-state index in [1.807, 2.05) is 12.1 Å². The number of rotatable bonds is 7. The second-order valence-electron chi connectivity index (χ2n) is 7.60. The van der Waals surface area contributed by atoms with Gasteiger partial charge in [-0.2, -0.15) is 0 Å². The molecule has 8 heteroatoms. The van der Waals surface area contributed by atoms with Crippen LogP contribution in [0.4, 0.5) is 14.5 Å². The number of hydrogen-bond acceptors (Lipinski definition) is 4. The van der Waals surface area contributed by atoms with E-state index in [2.05, 4.69) is 5.32 Å². The van der Waals surface area contributed by atoms with Gasteiger partial charge in [0.2, 0.25) is 5.91 Å². The average Bonchev–Trinajstić information content (AvgIpc) is 3.15. The lowest BCUT2D eigenvalue weighted by Gasteiger charge is -2.28. The Kier molecular flexibility index (Phi) is 6.26. The van der Waals surface area contributed by atoms with E-state index in [9.17, 15) is 18.4 Å². The highest BCUT2D eigenvalue weighted by Crippen LogP contribution is 2.37. The minimum atomic E-state index is -0.879. The maximum Gasteiger partial charge on any atom is 0.255 e. The molecule has 1 unspecified atom stereocenters. The summed E-state index contributed by atoms with van der Waals surface area (Å²) in [5.41, 5.74) is 1.96. The highest BCUT2D eigenvalue weighted by molar-refractivity contribution is 5.99. The van der Waals surface area contributed by atoms with Crippen molar-refractivity contribution in [3.8, 4) is 11.5 Å². The van der Waals surface area contributed by atoms with Gasteiger partial charge in [-0.15, -0.1) is 0 Å². The number of amides is 2. The summed E-state index contributed by atoms with van der Waals surface area (Å²) in [6.07, 6.45) is -0.147. The van der Waals surface area contributed by atoms with E-state index in [1.54, 1.807) is 35.2 Å². The standard InChI is InChI=1S/C25H22F2N2O4/c1-32-22-10-7-15(11-23(22)33-2)21(29-14-16-5-3-4-6-18(16)25(29)31)13-24(30)28-20-9-8-17(26)12-19(20)27/h3-12,21H,13-14H2,1-2H3,(H,28,30). The van der Waals surface area contributed by atoms with Crippen molar-refractivity contribution in [2.75, 3.05) is 19.5 Å². The minimum Gasteiger partial charge on any atom is -0.493 e. The van der Waals surface area contributed by atoms with Crippen molar-refractivity contribution in [1.82, 2.24) is 4.90 Å². The van der Waals surface area contributed by atoms with Crippen LogP contribution < -0.4 is 14.8 Å². The zero-order valence-electron chi connectivity index (χ0n) is 18.1. The number of hydrogen-bond donors (Lipinski definition) is 1. The number of carbonyl (C=O) groups is 2. The van der Waals surface area contributed by atoms with Crippen molar-refractivity contribution in [2.24, 2.45) is 0 Å². The average molecular weight is 452 g/mol. The van der Waals surface area contributed by atoms with Gasteiger partial charge in [-0.05, 0) is 41.5 Å². The van der Waals surface area contributed by atoms with Crippen LogP contribution in [0.1, 0.15) is 33.9 Å². The van der Waals surface area contributed by atoms with E-state index in [4.69, 9.17) is 9.47 Å². The van der Waals surface area contributed by atoms with Crippen molar-refractivity contribution in [2.45, 2.75) is 19.0 Å². The first-order valence-electron chi connectivity index (χ1n) is 10.3. The van der Waals surface area contributed by atoms with Crippen molar-refractivity contribution in [1.29, 1.82) is 0 Å². The smallest absolute Gasteiger partial charge is 0.255 e. The summed E-state index contributed by atoms with van der Waals surface area (Å²) in [4.78, 5) is 27.6. The maximum atomic E-state index is 14.0. The van der Waals surface area contributed by atoms with E-state index in [-0.39, 0.29) is 18.0 Å². The van der Waals surface area contributed by atoms with Gasteiger partial charge in [-0.3, -0.25) is 9.59 Å². The van der Waals surface area contributed by atoms with Crippen LogP contribution in [0.3, 0.4) is 0 Å². The van der Waals surface area contributed by atoms with Crippen molar-refractivity contribution >= 4 is 17.5 Å². The van der Waals surface area contributed by atoms with Gasteiger partial charge < -0.3 is 19.7 Å². The molecule has 1 aliphatic rings. The Balaban J connectivity index is 1.66. The lowest BCUT2D eigenvalue weighted by molar-refractivity contribution is -0.117. The molecule has 0 fully saturated rings. The monoisotopic (exact) mass is 452 g/mol. The molecule has 3 aromatic carbocycles. The second-order valence-corrected chi connectivity index (χ2v) is 7.60. The summed E-state index contributed by atoms with van der Waals surface area (Å²) in [7, 11) is 3.01. The van der Waals surface area contributed by atoms with E-state index in [1.165, 1.54) is 14.2 Å². The largest absolute Gasteiger partial charge is 0.493 e. The third-order valence-corrected chi connectivity index (χ3v) is 5.60. The third-order valence-electron chi connectivity index (χ3n) is 5.60. The van der Waals surface area contributed by atoms with Crippen molar-refractivity contribution in [3.63, 3.8) is 0 Å². The lowest BCUT2D eigenvalue weighted by Crippen LogP contribution is -2.32. The molecule has 1 aliphatic heterocycles. The number of benzene rings is 3. The second kappa shape index (κ2) is 9.28. The molecular formula is C25H22F2N2O4. The fraction of sp³-hybridized carbons (Fsp3) is 0.200. The summed E-state index contributed by atoms with van der Waals surface area (Å²) in [5, 5.41) is 2.47. The van der Waals surface area contributed by atoms with E-state index in [0.29, 0.717) is 35.2 Å². The molecule has 1 N–H and O–H groups in total. The Labute approximate surface area is 189 Å². The molecule has 0 aliphatic carbocycles. The number of nitrogens with zero attached hydrogens (tertiary/aromatic N) is 1. The first-order chi connectivity index (χ1) is 15.9. The Bertz CT molecular complexity index is 1210. The molecule has 2 amide bonds. The van der Waals surface area contributed by atoms with E-state index >= 15 is 0 Å². The lowest BCUT2D eigenvalue weighted by atomic mass is 10.0. The van der Waals surface area contributed by atoms with Gasteiger partial charge in [0, 0.05) is 18.2 Å². The predicted molar refractivity (Wildman–Crippen MR) is 118 cm³/mol. The molecule has 0 radical (unpaired) electrons. The molecule has 4 rings (SSSR count). The minimum absolute atomic E-state index is 0.136. The molecule has 0 saturated carbocycles. The Morgan fingerprint density at radius 1 is 1.03 bits per heavy atom. The number of fused-ring (bicyclic) bond motifs is 1. The van der Waals surface area contributed by atoms with Crippen LogP contribution >= 0.6 is 0 Å². The maximum absolute atomic E-state index is 14.0. The number of ether oxygens (including phenoxy) is 2. The Hall–Kier alpha value is -3.94. The van der Waals surface area contributed by atoms with Gasteiger partial charge in [-0.1, -0.05) is 24.3 Å². The quantitative estimate of drug-likeness (QED) is 0.564. The van der Waals surface area contributed by atoms with Crippen LogP contribution in [0.25, 0.3) is 0 Å². The van der Waals surface area contributed by atoms with Crippen molar-refractivity contribution < 1.29 is 27.8 Å². The molecule has 0 saturated heterocycles. The van der Waals surface area contributed by atoms with Crippen molar-refractivity contribution in [3.05, 3.63) is 89.0 Å². The van der Waals surface area contributed by atoms with Gasteiger partial charge in [0.05, 0.1) is 32.4 Å². The normalized spacial score (nSPS) is 13.5. The van der Waals surface area contributed by atoms with Crippen LogP contribution in [0.5, 0.6) is 11.5 Å². The molecule has 33 heavy (non-hydrogen) atoms. The fourth-order valence-electron chi connectivity index (χ4n) is 3.96. The zero-order valence-corrected chi connectivity index (χ0v) is 18.1. The zero-order chi connectivity index (χ0) is 23.5. The van der Waals surface area contributed by atoms with E-state index < -0.39 is 23.6 Å². The van der Waals surface area contributed by atoms with Gasteiger partial charge >= 0.3 is 0 Å². The fourth-order valence-corrected chi connectivity index (χ4v) is 3.96. The molecule has 3 aromatic rings. The highest BCUT2D eigenvalue weighted by Gasteiger charge is 2.35. The van der Waals surface area contributed by atoms with Gasteiger partial charge in [0.25, 0.3) is 5.91 Å². The van der Waals surface area contributed by atoms with Crippen LogP contribution in [0, 0.1) is 11.6 Å². The number of anilines is 1. The SMILES string of the molecule is COc1ccc(C(CC(=O)Nc2ccc(F)cc2F)N2Cc3ccccc3C2=O)cc1OC. The molecule has 0 bridgehead atoms. The third kappa shape index (κ3) is 4.50. The predicted octanol–water partition coefficient (Wildman–Crippen LogP) is 4.71. The molecule has 170 valence electrons. The van der Waals surface area contributed by atoms with Crippen LogP contribution in [-0.4, -0.2) is 30.9 Å². The summed E-state index contributed by atoms with van der Waals surface area (Å²) >= 11 is 0. The number of carbonyl (C=O) groups excluding carboxylic acids is 2. The van der Waals surface area contributed by atoms with Gasteiger partial charge in [0.1, 0.15) is 11.6 Å². The van der Waals surface area contributed by atoms with E-state index in [0.717, 1.165) is 17.7 Å². The molecule has 0 aromatic heterocycles. The van der Waals surface area contributed by atoms with Gasteiger partial charge in [-0.25, -0.2) is 8.78 Å². The summed E-state index contributed by atoms with van der Waals surface area (Å²) < 4.78 is 37.9. The molecule has 1 atom stereocenters. The highest BCUT2D eigenvalue weighted by atomic mass is 19.1. The van der Waals surface area contributed by atoms with Crippen LogP contribution in [-0.2, 0) is 11.3 Å². The molecule has 1 heterocycles. The first kappa shape index (κ1) is 22.3.